The summed E-state index contributed by atoms with van der Waals surface area (Å²) in [5, 5.41) is 7.63. The topological polar surface area (TPSA) is 24.7 Å². The van der Waals surface area contributed by atoms with E-state index in [1.165, 1.54) is 49.0 Å². The lowest BCUT2D eigenvalue weighted by atomic mass is 9.90. The summed E-state index contributed by atoms with van der Waals surface area (Å²) in [7, 11) is 0. The molecule has 2 nitrogen and oxygen atoms in total. The van der Waals surface area contributed by atoms with Crippen molar-refractivity contribution in [3.63, 3.8) is 0 Å². The standard InChI is InChI=1S/C40H28N2/c1-3-13-28(14-4-1)37-26-38(29-15-5-2-6-16-29)42-40(41-37)32-18-11-17-30(24-32)36-25-31-23-22-27-12-7-8-19-33(27)39(31)35-21-10-9-20-34(35)36/h1-25,37H,26H2. The predicted molar refractivity (Wildman–Crippen MR) is 178 cm³/mol. The lowest BCUT2D eigenvalue weighted by Crippen LogP contribution is -2.17. The van der Waals surface area contributed by atoms with Crippen molar-refractivity contribution >= 4 is 43.9 Å². The zero-order valence-electron chi connectivity index (χ0n) is 23.1. The van der Waals surface area contributed by atoms with Gasteiger partial charge in [0, 0.05) is 12.0 Å². The minimum absolute atomic E-state index is 0.0207. The van der Waals surface area contributed by atoms with Gasteiger partial charge in [0.1, 0.15) is 0 Å². The van der Waals surface area contributed by atoms with Gasteiger partial charge in [-0.15, -0.1) is 0 Å². The van der Waals surface area contributed by atoms with E-state index in [1.807, 2.05) is 0 Å². The lowest BCUT2D eigenvalue weighted by molar-refractivity contribution is 0.753. The van der Waals surface area contributed by atoms with E-state index in [9.17, 15) is 0 Å². The molecule has 198 valence electrons. The van der Waals surface area contributed by atoms with Crippen LogP contribution in [0.15, 0.2) is 162 Å². The predicted octanol–water partition coefficient (Wildman–Crippen LogP) is 10.2. The number of fused-ring (bicyclic) bond motifs is 5. The Kier molecular flexibility index (Phi) is 5.97. The van der Waals surface area contributed by atoms with Crippen molar-refractivity contribution in [1.29, 1.82) is 0 Å². The summed E-state index contributed by atoms with van der Waals surface area (Å²) >= 11 is 0. The smallest absolute Gasteiger partial charge is 0.155 e. The normalized spacial score (nSPS) is 15.1. The molecule has 7 aromatic carbocycles. The van der Waals surface area contributed by atoms with Crippen molar-refractivity contribution in [2.75, 3.05) is 0 Å². The molecule has 1 aliphatic heterocycles. The summed E-state index contributed by atoms with van der Waals surface area (Å²) in [6.07, 6.45) is 0.778. The number of hydrogen-bond donors (Lipinski definition) is 0. The molecule has 0 radical (unpaired) electrons. The van der Waals surface area contributed by atoms with Gasteiger partial charge in [-0.05, 0) is 66.7 Å². The Morgan fingerprint density at radius 1 is 0.476 bits per heavy atom. The van der Waals surface area contributed by atoms with E-state index in [0.29, 0.717) is 0 Å². The van der Waals surface area contributed by atoms with E-state index in [-0.39, 0.29) is 6.04 Å². The Morgan fingerprint density at radius 2 is 1.12 bits per heavy atom. The quantitative estimate of drug-likeness (QED) is 0.200. The summed E-state index contributed by atoms with van der Waals surface area (Å²) in [4.78, 5) is 10.4. The molecule has 0 fully saturated rings. The summed E-state index contributed by atoms with van der Waals surface area (Å²) in [5.74, 6) is 0.784. The third-order valence-corrected chi connectivity index (χ3v) is 8.38. The number of hydrogen-bond acceptors (Lipinski definition) is 2. The Hall–Kier alpha value is -5.34. The first-order valence-electron chi connectivity index (χ1n) is 14.5. The molecule has 1 unspecified atom stereocenters. The maximum absolute atomic E-state index is 5.21. The highest BCUT2D eigenvalue weighted by Crippen LogP contribution is 2.39. The number of aliphatic imine (C=N–C) groups is 2. The third kappa shape index (κ3) is 4.29. The SMILES string of the molecule is c1ccc(C2=NC(c3cccc(-c4cc5ccc6ccccc6c5c5ccccc45)c3)=NC(c3ccccc3)C2)cc1. The van der Waals surface area contributed by atoms with Gasteiger partial charge in [-0.2, -0.15) is 0 Å². The maximum Gasteiger partial charge on any atom is 0.155 e. The molecule has 0 N–H and O–H groups in total. The van der Waals surface area contributed by atoms with Crippen molar-refractivity contribution in [2.45, 2.75) is 12.5 Å². The van der Waals surface area contributed by atoms with Crippen LogP contribution in [-0.2, 0) is 0 Å². The van der Waals surface area contributed by atoms with Crippen LogP contribution < -0.4 is 0 Å². The van der Waals surface area contributed by atoms with Gasteiger partial charge in [0.25, 0.3) is 0 Å². The first-order chi connectivity index (χ1) is 20.8. The van der Waals surface area contributed by atoms with Gasteiger partial charge in [0.2, 0.25) is 0 Å². The van der Waals surface area contributed by atoms with Crippen LogP contribution in [-0.4, -0.2) is 11.5 Å². The van der Waals surface area contributed by atoms with Crippen molar-refractivity contribution in [1.82, 2.24) is 0 Å². The van der Waals surface area contributed by atoms with Crippen LogP contribution in [0.4, 0.5) is 0 Å². The second kappa shape index (κ2) is 10.2. The second-order valence-corrected chi connectivity index (χ2v) is 10.9. The van der Waals surface area contributed by atoms with Gasteiger partial charge in [-0.3, -0.25) is 4.99 Å². The summed E-state index contributed by atoms with van der Waals surface area (Å²) in [6.45, 7) is 0. The van der Waals surface area contributed by atoms with Crippen LogP contribution in [0.3, 0.4) is 0 Å². The molecule has 0 bridgehead atoms. The Bertz CT molecular complexity index is 2160. The highest BCUT2D eigenvalue weighted by atomic mass is 15.0. The molecule has 42 heavy (non-hydrogen) atoms. The summed E-state index contributed by atoms with van der Waals surface area (Å²) < 4.78 is 0. The monoisotopic (exact) mass is 536 g/mol. The first kappa shape index (κ1) is 24.5. The van der Waals surface area contributed by atoms with Crippen LogP contribution in [0.2, 0.25) is 0 Å². The van der Waals surface area contributed by atoms with E-state index in [1.54, 1.807) is 0 Å². The second-order valence-electron chi connectivity index (χ2n) is 10.9. The number of benzene rings is 7. The van der Waals surface area contributed by atoms with E-state index >= 15 is 0 Å². The summed E-state index contributed by atoms with van der Waals surface area (Å²) in [5.41, 5.74) is 6.85. The largest absolute Gasteiger partial charge is 0.258 e. The molecule has 1 atom stereocenters. The Balaban J connectivity index is 1.30. The fourth-order valence-corrected chi connectivity index (χ4v) is 6.34. The molecule has 0 saturated heterocycles. The minimum Gasteiger partial charge on any atom is -0.258 e. The fraction of sp³-hybridized carbons (Fsp3) is 0.0500. The zero-order chi connectivity index (χ0) is 27.9. The Morgan fingerprint density at radius 3 is 1.95 bits per heavy atom. The third-order valence-electron chi connectivity index (χ3n) is 8.38. The molecule has 0 saturated carbocycles. The Labute approximate surface area is 245 Å². The molecular formula is C40H28N2. The molecule has 7 aromatic rings. The average Bonchev–Trinajstić information content (AvgIpc) is 3.08. The molecule has 0 spiro atoms. The average molecular weight is 537 g/mol. The highest BCUT2D eigenvalue weighted by molar-refractivity contribution is 6.23. The van der Waals surface area contributed by atoms with Crippen LogP contribution in [0.25, 0.3) is 43.4 Å². The van der Waals surface area contributed by atoms with Crippen molar-refractivity contribution < 1.29 is 0 Å². The van der Waals surface area contributed by atoms with Gasteiger partial charge in [0.15, 0.2) is 5.84 Å². The fourth-order valence-electron chi connectivity index (χ4n) is 6.34. The number of amidine groups is 1. The maximum atomic E-state index is 5.21. The van der Waals surface area contributed by atoms with E-state index < -0.39 is 0 Å². The van der Waals surface area contributed by atoms with Gasteiger partial charge < -0.3 is 0 Å². The summed E-state index contributed by atoms with van der Waals surface area (Å²) in [6, 6.07) is 54.1. The zero-order valence-corrected chi connectivity index (χ0v) is 23.1. The van der Waals surface area contributed by atoms with Crippen LogP contribution in [0.1, 0.15) is 29.2 Å². The molecule has 1 aliphatic rings. The van der Waals surface area contributed by atoms with E-state index in [4.69, 9.17) is 9.98 Å². The molecule has 8 rings (SSSR count). The van der Waals surface area contributed by atoms with Gasteiger partial charge in [-0.1, -0.05) is 140 Å². The molecule has 0 aliphatic carbocycles. The van der Waals surface area contributed by atoms with E-state index in [2.05, 4.69) is 152 Å². The van der Waals surface area contributed by atoms with Crippen molar-refractivity contribution in [3.05, 3.63) is 168 Å². The van der Waals surface area contributed by atoms with E-state index in [0.717, 1.165) is 29.1 Å². The van der Waals surface area contributed by atoms with Crippen LogP contribution in [0.5, 0.6) is 0 Å². The van der Waals surface area contributed by atoms with Gasteiger partial charge >= 0.3 is 0 Å². The highest BCUT2D eigenvalue weighted by Gasteiger charge is 2.22. The molecule has 2 heteroatoms. The molecular weight excluding hydrogens is 508 g/mol. The van der Waals surface area contributed by atoms with Crippen molar-refractivity contribution in [3.8, 4) is 11.1 Å². The number of nitrogens with zero attached hydrogens (tertiary/aromatic N) is 2. The minimum atomic E-state index is 0.0207. The van der Waals surface area contributed by atoms with Crippen molar-refractivity contribution in [2.24, 2.45) is 9.98 Å². The lowest BCUT2D eigenvalue weighted by Gasteiger charge is -2.21. The number of rotatable bonds is 4. The molecule has 1 heterocycles. The van der Waals surface area contributed by atoms with Crippen LogP contribution >= 0.6 is 0 Å². The molecule has 0 amide bonds. The van der Waals surface area contributed by atoms with Gasteiger partial charge in [-0.25, -0.2) is 4.99 Å². The van der Waals surface area contributed by atoms with Gasteiger partial charge in [0.05, 0.1) is 11.8 Å². The molecule has 0 aromatic heterocycles. The first-order valence-corrected chi connectivity index (χ1v) is 14.5. The van der Waals surface area contributed by atoms with Crippen LogP contribution in [0, 0.1) is 0 Å².